The molecule has 0 fully saturated rings. The quantitative estimate of drug-likeness (QED) is 0.233. The zero-order valence-electron chi connectivity index (χ0n) is 19.9. The molecule has 2 aromatic heterocycles. The average Bonchev–Trinajstić information content (AvgIpc) is 3.30. The van der Waals surface area contributed by atoms with Gasteiger partial charge in [0.25, 0.3) is 0 Å². The van der Waals surface area contributed by atoms with Gasteiger partial charge >= 0.3 is 0 Å². The fourth-order valence-electron chi connectivity index (χ4n) is 2.93. The van der Waals surface area contributed by atoms with Crippen molar-refractivity contribution in [2.75, 3.05) is 12.4 Å². The zero-order chi connectivity index (χ0) is 24.2. The van der Waals surface area contributed by atoms with Gasteiger partial charge in [0.05, 0.1) is 10.7 Å². The first kappa shape index (κ1) is 26.6. The molecule has 2 rings (SSSR count). The second-order valence-electron chi connectivity index (χ2n) is 7.89. The van der Waals surface area contributed by atoms with Crippen molar-refractivity contribution in [2.24, 2.45) is 0 Å². The number of allylic oxidation sites excluding steroid dienone is 3. The summed E-state index contributed by atoms with van der Waals surface area (Å²) in [4.78, 5) is 16.4. The van der Waals surface area contributed by atoms with Gasteiger partial charge in [0.1, 0.15) is 0 Å². The maximum atomic E-state index is 11.9. The van der Waals surface area contributed by atoms with Gasteiger partial charge in [0.2, 0.25) is 5.91 Å². The molecule has 1 N–H and O–H groups in total. The van der Waals surface area contributed by atoms with Crippen LogP contribution in [0.15, 0.2) is 76.7 Å². The third kappa shape index (κ3) is 9.80. The summed E-state index contributed by atoms with van der Waals surface area (Å²) < 4.78 is 0. The Bertz CT molecular complexity index is 978. The van der Waals surface area contributed by atoms with E-state index < -0.39 is 0 Å². The Morgan fingerprint density at radius 3 is 2.64 bits per heavy atom. The van der Waals surface area contributed by atoms with E-state index in [-0.39, 0.29) is 5.91 Å². The third-order valence-electron chi connectivity index (χ3n) is 5.13. The van der Waals surface area contributed by atoms with Crippen LogP contribution in [-0.2, 0) is 17.6 Å². The minimum absolute atomic E-state index is 0.0778. The number of aryl methyl sites for hydroxylation is 1. The van der Waals surface area contributed by atoms with Crippen molar-refractivity contribution in [3.8, 4) is 0 Å². The van der Waals surface area contributed by atoms with Gasteiger partial charge in [-0.05, 0) is 68.0 Å². The molecule has 2 heterocycles. The van der Waals surface area contributed by atoms with Crippen molar-refractivity contribution < 1.29 is 4.79 Å². The van der Waals surface area contributed by atoms with Gasteiger partial charge < -0.3 is 10.2 Å². The minimum Gasteiger partial charge on any atom is -0.343 e. The maximum absolute atomic E-state index is 11.9. The Morgan fingerprint density at radius 2 is 2.00 bits per heavy atom. The minimum atomic E-state index is -0.0778. The number of nitrogens with one attached hydrogen (secondary N) is 1. The van der Waals surface area contributed by atoms with Crippen molar-refractivity contribution in [3.63, 3.8) is 0 Å². The molecule has 0 aliphatic rings. The number of unbranched alkanes of at least 4 members (excludes halogenated alkanes) is 1. The Kier molecular flexibility index (Phi) is 11.1. The lowest BCUT2D eigenvalue weighted by molar-refractivity contribution is -0.115. The van der Waals surface area contributed by atoms with Crippen molar-refractivity contribution in [1.29, 1.82) is 0 Å². The van der Waals surface area contributed by atoms with Crippen molar-refractivity contribution in [1.82, 2.24) is 15.1 Å². The van der Waals surface area contributed by atoms with E-state index in [4.69, 9.17) is 0 Å². The Morgan fingerprint density at radius 1 is 1.21 bits per heavy atom. The summed E-state index contributed by atoms with van der Waals surface area (Å²) in [5, 5.41) is 14.2. The van der Waals surface area contributed by atoms with Crippen LogP contribution in [0.4, 0.5) is 5.82 Å². The third-order valence-corrected chi connectivity index (χ3v) is 7.01. The van der Waals surface area contributed by atoms with Gasteiger partial charge in [0, 0.05) is 30.5 Å². The van der Waals surface area contributed by atoms with Crippen LogP contribution in [-0.4, -0.2) is 28.1 Å². The fraction of sp³-hybridized carbons (Fsp3) is 0.346. The van der Waals surface area contributed by atoms with Gasteiger partial charge in [-0.1, -0.05) is 49.2 Å². The largest absolute Gasteiger partial charge is 0.343 e. The number of rotatable bonds is 14. The Labute approximate surface area is 206 Å². The van der Waals surface area contributed by atoms with Crippen LogP contribution < -0.4 is 5.32 Å². The van der Waals surface area contributed by atoms with E-state index in [1.54, 1.807) is 23.1 Å². The van der Waals surface area contributed by atoms with Crippen LogP contribution in [0.1, 0.15) is 50.1 Å². The zero-order valence-corrected chi connectivity index (χ0v) is 21.5. The molecule has 0 bridgehead atoms. The van der Waals surface area contributed by atoms with Crippen molar-refractivity contribution >= 4 is 34.8 Å². The second kappa shape index (κ2) is 13.8. The number of likely N-dealkylation sites (N-methyl/N-ethyl adjacent to an activating group) is 1. The maximum Gasteiger partial charge on any atom is 0.229 e. The highest BCUT2D eigenvalue weighted by Crippen LogP contribution is 2.31. The number of thiophene rings is 1. The standard InChI is InChI=1S/C26H34N4OS2/c1-7-19(2)17-26(31)27-25-15-14-23(28-29-25)12-9-8-11-21(4)33-22(5)30(6)20(3)18-24-13-10-16-32-24/h7,10,13-16H,3-5,8-9,11-12,17-18H2,1-2,6H3,(H,27,29,31)/b19-7+. The highest BCUT2D eigenvalue weighted by molar-refractivity contribution is 8.06. The molecular weight excluding hydrogens is 448 g/mol. The monoisotopic (exact) mass is 482 g/mol. The molecule has 1 amide bonds. The molecule has 0 saturated carbocycles. The molecule has 0 aliphatic carbocycles. The average molecular weight is 483 g/mol. The highest BCUT2D eigenvalue weighted by Gasteiger charge is 2.10. The normalized spacial score (nSPS) is 11.2. The number of nitrogens with zero attached hydrogens (tertiary/aromatic N) is 3. The lowest BCUT2D eigenvalue weighted by Gasteiger charge is -2.23. The first-order valence-electron chi connectivity index (χ1n) is 11.0. The van der Waals surface area contributed by atoms with Crippen LogP contribution in [0.25, 0.3) is 0 Å². The van der Waals surface area contributed by atoms with E-state index in [9.17, 15) is 4.79 Å². The van der Waals surface area contributed by atoms with E-state index in [0.717, 1.165) is 59.0 Å². The number of carbonyl (C=O) groups is 1. The Balaban J connectivity index is 1.66. The SMILES string of the molecule is C=C(CCCCc1ccc(NC(=O)C/C(C)=C/C)nn1)SC(=C)N(C)C(=C)Cc1cccs1. The summed E-state index contributed by atoms with van der Waals surface area (Å²) in [5.41, 5.74) is 2.97. The first-order chi connectivity index (χ1) is 15.8. The van der Waals surface area contributed by atoms with E-state index in [1.165, 1.54) is 4.88 Å². The second-order valence-corrected chi connectivity index (χ2v) is 10.2. The van der Waals surface area contributed by atoms with E-state index in [0.29, 0.717) is 12.2 Å². The molecule has 7 heteroatoms. The van der Waals surface area contributed by atoms with E-state index >= 15 is 0 Å². The molecule has 2 aromatic rings. The summed E-state index contributed by atoms with van der Waals surface area (Å²) in [6.07, 6.45) is 6.90. The molecule has 0 spiro atoms. The number of carbonyl (C=O) groups excluding carboxylic acids is 1. The van der Waals surface area contributed by atoms with Crippen LogP contribution in [0, 0.1) is 0 Å². The predicted molar refractivity (Wildman–Crippen MR) is 143 cm³/mol. The number of thioether (sulfide) groups is 1. The summed E-state index contributed by atoms with van der Waals surface area (Å²) in [6.45, 7) is 16.4. The molecule has 0 saturated heterocycles. The van der Waals surface area contributed by atoms with Crippen LogP contribution >= 0.6 is 23.1 Å². The number of hydrogen-bond donors (Lipinski definition) is 1. The van der Waals surface area contributed by atoms with Crippen molar-refractivity contribution in [2.45, 2.75) is 52.4 Å². The number of anilines is 1. The van der Waals surface area contributed by atoms with Gasteiger partial charge in [0.15, 0.2) is 5.82 Å². The van der Waals surface area contributed by atoms with E-state index in [1.807, 2.05) is 44.0 Å². The summed E-state index contributed by atoms with van der Waals surface area (Å²) in [7, 11) is 2.00. The summed E-state index contributed by atoms with van der Waals surface area (Å²) >= 11 is 3.36. The predicted octanol–water partition coefficient (Wildman–Crippen LogP) is 6.95. The molecule has 0 atom stereocenters. The van der Waals surface area contributed by atoms with Gasteiger partial charge in [-0.15, -0.1) is 16.4 Å². The van der Waals surface area contributed by atoms with Gasteiger partial charge in [-0.3, -0.25) is 4.79 Å². The molecular formula is C26H34N4OS2. The molecule has 176 valence electrons. The lowest BCUT2D eigenvalue weighted by Crippen LogP contribution is -2.15. The summed E-state index contributed by atoms with van der Waals surface area (Å²) in [5.74, 6) is 0.409. The van der Waals surface area contributed by atoms with Crippen LogP contribution in [0.2, 0.25) is 0 Å². The number of aromatic nitrogens is 2. The van der Waals surface area contributed by atoms with E-state index in [2.05, 4.69) is 52.8 Å². The van der Waals surface area contributed by atoms with Crippen molar-refractivity contribution in [3.05, 3.63) is 87.2 Å². The molecule has 0 aliphatic heterocycles. The first-order valence-corrected chi connectivity index (χ1v) is 12.7. The van der Waals surface area contributed by atoms with Crippen LogP contribution in [0.5, 0.6) is 0 Å². The molecule has 5 nitrogen and oxygen atoms in total. The lowest BCUT2D eigenvalue weighted by atomic mass is 10.1. The molecule has 33 heavy (non-hydrogen) atoms. The van der Waals surface area contributed by atoms with Gasteiger partial charge in [-0.2, -0.15) is 5.10 Å². The topological polar surface area (TPSA) is 58.1 Å². The highest BCUT2D eigenvalue weighted by atomic mass is 32.2. The molecule has 0 aromatic carbocycles. The number of hydrogen-bond acceptors (Lipinski definition) is 6. The molecule has 0 radical (unpaired) electrons. The summed E-state index contributed by atoms with van der Waals surface area (Å²) in [6, 6.07) is 7.91. The van der Waals surface area contributed by atoms with Crippen LogP contribution in [0.3, 0.4) is 0 Å². The van der Waals surface area contributed by atoms with Gasteiger partial charge in [-0.25, -0.2) is 0 Å². The smallest absolute Gasteiger partial charge is 0.229 e. The Hall–Kier alpha value is -2.64. The number of amides is 1. The molecule has 0 unspecified atom stereocenters. The fourth-order valence-corrected chi connectivity index (χ4v) is 4.51.